The van der Waals surface area contributed by atoms with Crippen molar-refractivity contribution in [3.8, 4) is 0 Å². The second kappa shape index (κ2) is 5.76. The third-order valence-electron chi connectivity index (χ3n) is 3.33. The van der Waals surface area contributed by atoms with Gasteiger partial charge in [0.05, 0.1) is 5.52 Å². The van der Waals surface area contributed by atoms with Crippen molar-refractivity contribution < 1.29 is 4.79 Å². The van der Waals surface area contributed by atoms with Crippen molar-refractivity contribution in [2.24, 2.45) is 5.73 Å². The van der Waals surface area contributed by atoms with Crippen LogP contribution in [0.15, 0.2) is 48.5 Å². The van der Waals surface area contributed by atoms with E-state index >= 15 is 0 Å². The fourth-order valence-electron chi connectivity index (χ4n) is 2.25. The minimum Gasteiger partial charge on any atom is -0.330 e. The summed E-state index contributed by atoms with van der Waals surface area (Å²) in [5.41, 5.74) is 8.66. The normalized spacial score (nSPS) is 10.7. The Morgan fingerprint density at radius 2 is 1.90 bits per heavy atom. The summed E-state index contributed by atoms with van der Waals surface area (Å²) in [6, 6.07) is 15.2. The number of nitrogens with one attached hydrogen (secondary N) is 2. The van der Waals surface area contributed by atoms with Gasteiger partial charge in [0.15, 0.2) is 5.69 Å². The van der Waals surface area contributed by atoms with E-state index in [-0.39, 0.29) is 5.91 Å². The maximum Gasteiger partial charge on any atom is 0.276 e. The second-order valence-corrected chi connectivity index (χ2v) is 4.81. The lowest BCUT2D eigenvalue weighted by molar-refractivity contribution is 0.102. The Balaban J connectivity index is 1.79. The lowest BCUT2D eigenvalue weighted by Gasteiger charge is -2.05. The first-order chi connectivity index (χ1) is 10.3. The molecule has 4 N–H and O–H groups in total. The predicted molar refractivity (Wildman–Crippen MR) is 83.2 cm³/mol. The topological polar surface area (TPSA) is 83.8 Å². The highest BCUT2D eigenvalue weighted by Gasteiger charge is 2.13. The molecule has 0 atom stereocenters. The summed E-state index contributed by atoms with van der Waals surface area (Å²) in [7, 11) is 0. The van der Waals surface area contributed by atoms with Crippen LogP contribution in [0.3, 0.4) is 0 Å². The zero-order chi connectivity index (χ0) is 14.7. The van der Waals surface area contributed by atoms with Crippen LogP contribution in [0.25, 0.3) is 10.9 Å². The SMILES string of the molecule is NCCc1ccc(NC(=O)c2n[nH]c3ccccc23)cc1. The molecule has 0 saturated carbocycles. The number of hydrogen-bond acceptors (Lipinski definition) is 3. The van der Waals surface area contributed by atoms with Gasteiger partial charge in [0, 0.05) is 11.1 Å². The number of carbonyl (C=O) groups is 1. The first-order valence-electron chi connectivity index (χ1n) is 6.81. The van der Waals surface area contributed by atoms with Gasteiger partial charge in [-0.2, -0.15) is 5.10 Å². The van der Waals surface area contributed by atoms with Gasteiger partial charge in [0.25, 0.3) is 5.91 Å². The number of benzene rings is 2. The highest BCUT2D eigenvalue weighted by Crippen LogP contribution is 2.17. The molecule has 0 aliphatic heterocycles. The Morgan fingerprint density at radius 1 is 1.14 bits per heavy atom. The van der Waals surface area contributed by atoms with Crippen molar-refractivity contribution in [3.05, 3.63) is 59.8 Å². The van der Waals surface area contributed by atoms with Gasteiger partial charge in [-0.05, 0) is 36.7 Å². The van der Waals surface area contributed by atoms with Gasteiger partial charge >= 0.3 is 0 Å². The molecule has 0 unspecified atom stereocenters. The number of nitrogens with zero attached hydrogens (tertiary/aromatic N) is 1. The molecule has 106 valence electrons. The van der Waals surface area contributed by atoms with Crippen molar-refractivity contribution >= 4 is 22.5 Å². The number of fused-ring (bicyclic) bond motifs is 1. The van der Waals surface area contributed by atoms with Crippen LogP contribution in [0.5, 0.6) is 0 Å². The first-order valence-corrected chi connectivity index (χ1v) is 6.81. The molecule has 0 aliphatic rings. The summed E-state index contributed by atoms with van der Waals surface area (Å²) in [5, 5.41) is 10.6. The van der Waals surface area contributed by atoms with Gasteiger partial charge in [0.2, 0.25) is 0 Å². The lowest BCUT2D eigenvalue weighted by Crippen LogP contribution is -2.12. The van der Waals surface area contributed by atoms with E-state index in [2.05, 4.69) is 15.5 Å². The zero-order valence-corrected chi connectivity index (χ0v) is 11.5. The molecule has 1 amide bonds. The van der Waals surface area contributed by atoms with Crippen LogP contribution in [0.2, 0.25) is 0 Å². The lowest BCUT2D eigenvalue weighted by atomic mass is 10.1. The summed E-state index contributed by atoms with van der Waals surface area (Å²) in [5.74, 6) is -0.223. The zero-order valence-electron chi connectivity index (χ0n) is 11.5. The number of para-hydroxylation sites is 1. The molecule has 3 aromatic rings. The van der Waals surface area contributed by atoms with E-state index in [9.17, 15) is 4.79 Å². The number of anilines is 1. The summed E-state index contributed by atoms with van der Waals surface area (Å²) in [6.45, 7) is 0.616. The smallest absolute Gasteiger partial charge is 0.276 e. The highest BCUT2D eigenvalue weighted by molar-refractivity contribution is 6.11. The van der Waals surface area contributed by atoms with E-state index in [1.54, 1.807) is 0 Å². The molecule has 3 rings (SSSR count). The predicted octanol–water partition coefficient (Wildman–Crippen LogP) is 2.32. The monoisotopic (exact) mass is 280 g/mol. The highest BCUT2D eigenvalue weighted by atomic mass is 16.1. The summed E-state index contributed by atoms with van der Waals surface area (Å²) in [6.07, 6.45) is 0.832. The number of hydrogen-bond donors (Lipinski definition) is 3. The van der Waals surface area contributed by atoms with Crippen LogP contribution in [0.4, 0.5) is 5.69 Å². The van der Waals surface area contributed by atoms with Crippen molar-refractivity contribution in [3.63, 3.8) is 0 Å². The molecular formula is C16H16N4O. The van der Waals surface area contributed by atoms with Crippen LogP contribution < -0.4 is 11.1 Å². The number of rotatable bonds is 4. The number of carbonyl (C=O) groups excluding carboxylic acids is 1. The first kappa shape index (κ1) is 13.3. The van der Waals surface area contributed by atoms with Gasteiger partial charge in [-0.1, -0.05) is 30.3 Å². The fourth-order valence-corrected chi connectivity index (χ4v) is 2.25. The average Bonchev–Trinajstić information content (AvgIpc) is 2.93. The van der Waals surface area contributed by atoms with E-state index in [1.807, 2.05) is 48.5 Å². The van der Waals surface area contributed by atoms with Crippen LogP contribution >= 0.6 is 0 Å². The number of nitrogens with two attached hydrogens (primary N) is 1. The third-order valence-corrected chi connectivity index (χ3v) is 3.33. The van der Waals surface area contributed by atoms with Crippen LogP contribution in [-0.2, 0) is 6.42 Å². The van der Waals surface area contributed by atoms with E-state index < -0.39 is 0 Å². The van der Waals surface area contributed by atoms with Crippen LogP contribution in [0, 0.1) is 0 Å². The van der Waals surface area contributed by atoms with E-state index in [4.69, 9.17) is 5.73 Å². The standard InChI is InChI=1S/C16H16N4O/c17-10-9-11-5-7-12(8-6-11)18-16(21)15-13-3-1-2-4-14(13)19-20-15/h1-8H,9-10,17H2,(H,18,21)(H,19,20). The van der Waals surface area contributed by atoms with Gasteiger partial charge < -0.3 is 11.1 Å². The molecule has 0 bridgehead atoms. The molecule has 0 saturated heterocycles. The molecule has 0 fully saturated rings. The van der Waals surface area contributed by atoms with Gasteiger partial charge in [-0.3, -0.25) is 9.89 Å². The third kappa shape index (κ3) is 2.78. The van der Waals surface area contributed by atoms with E-state index in [0.717, 1.165) is 28.6 Å². The van der Waals surface area contributed by atoms with Crippen LogP contribution in [-0.4, -0.2) is 22.6 Å². The Labute approximate surface area is 122 Å². The fraction of sp³-hybridized carbons (Fsp3) is 0.125. The molecule has 5 nitrogen and oxygen atoms in total. The maximum absolute atomic E-state index is 12.3. The number of aromatic nitrogens is 2. The second-order valence-electron chi connectivity index (χ2n) is 4.81. The molecular weight excluding hydrogens is 264 g/mol. The quantitative estimate of drug-likeness (QED) is 0.685. The van der Waals surface area contributed by atoms with Crippen LogP contribution in [0.1, 0.15) is 16.1 Å². The molecule has 2 aromatic carbocycles. The van der Waals surface area contributed by atoms with E-state index in [1.165, 1.54) is 0 Å². The average molecular weight is 280 g/mol. The Bertz CT molecular complexity index is 761. The summed E-state index contributed by atoms with van der Waals surface area (Å²) in [4.78, 5) is 12.3. The Hall–Kier alpha value is -2.66. The van der Waals surface area contributed by atoms with Gasteiger partial charge in [0.1, 0.15) is 0 Å². The Kier molecular flexibility index (Phi) is 3.66. The number of H-pyrrole nitrogens is 1. The molecule has 0 aliphatic carbocycles. The summed E-state index contributed by atoms with van der Waals surface area (Å²) >= 11 is 0. The largest absolute Gasteiger partial charge is 0.330 e. The molecule has 5 heteroatoms. The van der Waals surface area contributed by atoms with Crippen molar-refractivity contribution in [2.75, 3.05) is 11.9 Å². The van der Waals surface area contributed by atoms with Crippen molar-refractivity contribution in [1.29, 1.82) is 0 Å². The number of aromatic amines is 1. The Morgan fingerprint density at radius 3 is 2.67 bits per heavy atom. The minimum absolute atomic E-state index is 0.223. The molecule has 1 aromatic heterocycles. The van der Waals surface area contributed by atoms with Gasteiger partial charge in [-0.15, -0.1) is 0 Å². The number of amides is 1. The molecule has 0 spiro atoms. The maximum atomic E-state index is 12.3. The van der Waals surface area contributed by atoms with E-state index in [0.29, 0.717) is 12.2 Å². The van der Waals surface area contributed by atoms with Crippen molar-refractivity contribution in [2.45, 2.75) is 6.42 Å². The van der Waals surface area contributed by atoms with Crippen molar-refractivity contribution in [1.82, 2.24) is 10.2 Å². The molecule has 0 radical (unpaired) electrons. The van der Waals surface area contributed by atoms with Gasteiger partial charge in [-0.25, -0.2) is 0 Å². The molecule has 21 heavy (non-hydrogen) atoms. The molecule has 1 heterocycles. The summed E-state index contributed by atoms with van der Waals surface area (Å²) < 4.78 is 0. The minimum atomic E-state index is -0.223.